The SMILES string of the molecule is Cc1cccc(N)c1Nc1ccc(Cl)cc1F. The fourth-order valence-electron chi connectivity index (χ4n) is 1.59. The molecule has 4 heteroatoms. The van der Waals surface area contributed by atoms with E-state index in [2.05, 4.69) is 5.32 Å². The van der Waals surface area contributed by atoms with Crippen molar-refractivity contribution < 1.29 is 4.39 Å². The van der Waals surface area contributed by atoms with Gasteiger partial charge in [-0.2, -0.15) is 0 Å². The van der Waals surface area contributed by atoms with Crippen LogP contribution in [0.3, 0.4) is 0 Å². The molecule has 0 amide bonds. The number of hydrogen-bond acceptors (Lipinski definition) is 2. The molecule has 17 heavy (non-hydrogen) atoms. The molecule has 0 atom stereocenters. The van der Waals surface area contributed by atoms with Crippen LogP contribution in [0.25, 0.3) is 0 Å². The third kappa shape index (κ3) is 2.50. The van der Waals surface area contributed by atoms with Crippen LogP contribution in [0.2, 0.25) is 5.02 Å². The first-order chi connectivity index (χ1) is 8.08. The Kier molecular flexibility index (Phi) is 3.20. The van der Waals surface area contributed by atoms with Crippen molar-refractivity contribution in [3.63, 3.8) is 0 Å². The quantitative estimate of drug-likeness (QED) is 0.787. The Morgan fingerprint density at radius 1 is 1.24 bits per heavy atom. The highest BCUT2D eigenvalue weighted by molar-refractivity contribution is 6.30. The summed E-state index contributed by atoms with van der Waals surface area (Å²) >= 11 is 5.69. The molecule has 0 fully saturated rings. The lowest BCUT2D eigenvalue weighted by Gasteiger charge is -2.12. The van der Waals surface area contributed by atoms with E-state index in [4.69, 9.17) is 17.3 Å². The summed E-state index contributed by atoms with van der Waals surface area (Å²) in [6.45, 7) is 1.91. The van der Waals surface area contributed by atoms with E-state index in [0.29, 0.717) is 22.1 Å². The summed E-state index contributed by atoms with van der Waals surface area (Å²) in [5.41, 5.74) is 8.45. The van der Waals surface area contributed by atoms with Crippen molar-refractivity contribution in [1.29, 1.82) is 0 Å². The molecule has 2 rings (SSSR count). The smallest absolute Gasteiger partial charge is 0.148 e. The van der Waals surface area contributed by atoms with E-state index in [1.807, 2.05) is 19.1 Å². The third-order valence-electron chi connectivity index (χ3n) is 2.50. The van der Waals surface area contributed by atoms with Crippen molar-refractivity contribution in [2.75, 3.05) is 11.1 Å². The molecule has 0 spiro atoms. The number of aryl methyl sites for hydroxylation is 1. The summed E-state index contributed by atoms with van der Waals surface area (Å²) in [7, 11) is 0. The van der Waals surface area contributed by atoms with E-state index in [1.165, 1.54) is 6.07 Å². The number of rotatable bonds is 2. The Morgan fingerprint density at radius 3 is 2.65 bits per heavy atom. The fraction of sp³-hybridized carbons (Fsp3) is 0.0769. The number of nitrogen functional groups attached to an aromatic ring is 1. The fourth-order valence-corrected chi connectivity index (χ4v) is 1.75. The Hall–Kier alpha value is -1.74. The molecule has 0 radical (unpaired) electrons. The maximum Gasteiger partial charge on any atom is 0.148 e. The molecule has 3 N–H and O–H groups in total. The number of anilines is 3. The first kappa shape index (κ1) is 11.7. The van der Waals surface area contributed by atoms with Gasteiger partial charge in [-0.15, -0.1) is 0 Å². The molecule has 0 bridgehead atoms. The second-order valence-electron chi connectivity index (χ2n) is 3.79. The molecule has 2 aromatic rings. The van der Waals surface area contributed by atoms with Crippen LogP contribution >= 0.6 is 11.6 Å². The maximum absolute atomic E-state index is 13.6. The first-order valence-corrected chi connectivity index (χ1v) is 5.53. The van der Waals surface area contributed by atoms with Crippen LogP contribution in [-0.4, -0.2) is 0 Å². The minimum atomic E-state index is -0.403. The van der Waals surface area contributed by atoms with Gasteiger partial charge in [-0.05, 0) is 36.8 Å². The molecule has 0 unspecified atom stereocenters. The lowest BCUT2D eigenvalue weighted by molar-refractivity contribution is 0.632. The van der Waals surface area contributed by atoms with Crippen LogP contribution in [0, 0.1) is 12.7 Å². The van der Waals surface area contributed by atoms with Crippen molar-refractivity contribution in [2.24, 2.45) is 0 Å². The molecular weight excluding hydrogens is 239 g/mol. The van der Waals surface area contributed by atoms with Crippen LogP contribution in [0.5, 0.6) is 0 Å². The Morgan fingerprint density at radius 2 is 2.00 bits per heavy atom. The average Bonchev–Trinajstić information content (AvgIpc) is 2.26. The Balaban J connectivity index is 2.38. The highest BCUT2D eigenvalue weighted by atomic mass is 35.5. The van der Waals surface area contributed by atoms with Crippen molar-refractivity contribution in [1.82, 2.24) is 0 Å². The van der Waals surface area contributed by atoms with Crippen LogP contribution in [0.15, 0.2) is 36.4 Å². The molecule has 0 heterocycles. The largest absolute Gasteiger partial charge is 0.397 e. The topological polar surface area (TPSA) is 38.0 Å². The maximum atomic E-state index is 13.6. The second-order valence-corrected chi connectivity index (χ2v) is 4.22. The molecule has 88 valence electrons. The molecule has 0 aliphatic heterocycles. The lowest BCUT2D eigenvalue weighted by atomic mass is 10.1. The first-order valence-electron chi connectivity index (χ1n) is 5.15. The van der Waals surface area contributed by atoms with E-state index in [1.54, 1.807) is 18.2 Å². The minimum absolute atomic E-state index is 0.357. The number of para-hydroxylation sites is 1. The van der Waals surface area contributed by atoms with Gasteiger partial charge in [0.1, 0.15) is 5.82 Å². The van der Waals surface area contributed by atoms with Gasteiger partial charge >= 0.3 is 0 Å². The van der Waals surface area contributed by atoms with Gasteiger partial charge in [0.2, 0.25) is 0 Å². The molecule has 0 aliphatic rings. The molecule has 0 aromatic heterocycles. The number of hydrogen-bond donors (Lipinski definition) is 2. The molecule has 2 aromatic carbocycles. The molecule has 0 saturated heterocycles. The number of halogens is 2. The number of nitrogens with one attached hydrogen (secondary N) is 1. The van der Waals surface area contributed by atoms with Gasteiger partial charge in [0, 0.05) is 5.02 Å². The van der Waals surface area contributed by atoms with Crippen molar-refractivity contribution >= 4 is 28.7 Å². The summed E-state index contributed by atoms with van der Waals surface area (Å²) in [6.07, 6.45) is 0. The van der Waals surface area contributed by atoms with E-state index in [9.17, 15) is 4.39 Å². The van der Waals surface area contributed by atoms with Gasteiger partial charge < -0.3 is 11.1 Å². The third-order valence-corrected chi connectivity index (χ3v) is 2.73. The molecule has 2 nitrogen and oxygen atoms in total. The van der Waals surface area contributed by atoms with Gasteiger partial charge in [-0.1, -0.05) is 23.7 Å². The van der Waals surface area contributed by atoms with Gasteiger partial charge in [0.15, 0.2) is 0 Å². The van der Waals surface area contributed by atoms with E-state index >= 15 is 0 Å². The summed E-state index contributed by atoms with van der Waals surface area (Å²) in [5, 5.41) is 3.34. The van der Waals surface area contributed by atoms with Gasteiger partial charge in [0.25, 0.3) is 0 Å². The van der Waals surface area contributed by atoms with Gasteiger partial charge in [-0.25, -0.2) is 4.39 Å². The predicted molar refractivity (Wildman–Crippen MR) is 70.3 cm³/mol. The van der Waals surface area contributed by atoms with Crippen LogP contribution < -0.4 is 11.1 Å². The Labute approximate surface area is 104 Å². The number of nitrogens with two attached hydrogens (primary N) is 1. The summed E-state index contributed by atoms with van der Waals surface area (Å²) in [6, 6.07) is 10.0. The molecule has 0 saturated carbocycles. The van der Waals surface area contributed by atoms with Crippen LogP contribution in [0.4, 0.5) is 21.5 Å². The summed E-state index contributed by atoms with van der Waals surface area (Å²) in [5.74, 6) is -0.403. The summed E-state index contributed by atoms with van der Waals surface area (Å²) in [4.78, 5) is 0. The van der Waals surface area contributed by atoms with Crippen molar-refractivity contribution in [3.8, 4) is 0 Å². The van der Waals surface area contributed by atoms with Gasteiger partial charge in [0.05, 0.1) is 17.1 Å². The molecular formula is C13H12ClFN2. The van der Waals surface area contributed by atoms with Gasteiger partial charge in [-0.3, -0.25) is 0 Å². The summed E-state index contributed by atoms with van der Waals surface area (Å²) < 4.78 is 13.6. The Bertz CT molecular complexity index is 535. The lowest BCUT2D eigenvalue weighted by Crippen LogP contribution is -2.00. The minimum Gasteiger partial charge on any atom is -0.397 e. The zero-order valence-electron chi connectivity index (χ0n) is 9.30. The van der Waals surface area contributed by atoms with Crippen LogP contribution in [-0.2, 0) is 0 Å². The van der Waals surface area contributed by atoms with E-state index in [0.717, 1.165) is 5.56 Å². The van der Waals surface area contributed by atoms with Crippen molar-refractivity contribution in [3.05, 3.63) is 52.8 Å². The normalized spacial score (nSPS) is 10.3. The standard InChI is InChI=1S/C13H12ClFN2/c1-8-3-2-4-11(16)13(8)17-12-6-5-9(14)7-10(12)15/h2-7,17H,16H2,1H3. The monoisotopic (exact) mass is 250 g/mol. The number of benzene rings is 2. The zero-order chi connectivity index (χ0) is 12.4. The second kappa shape index (κ2) is 4.63. The highest BCUT2D eigenvalue weighted by Gasteiger charge is 2.07. The average molecular weight is 251 g/mol. The van der Waals surface area contributed by atoms with Crippen molar-refractivity contribution in [2.45, 2.75) is 6.92 Å². The zero-order valence-corrected chi connectivity index (χ0v) is 10.1. The van der Waals surface area contributed by atoms with E-state index < -0.39 is 5.82 Å². The highest BCUT2D eigenvalue weighted by Crippen LogP contribution is 2.28. The van der Waals surface area contributed by atoms with Crippen LogP contribution in [0.1, 0.15) is 5.56 Å². The van der Waals surface area contributed by atoms with E-state index in [-0.39, 0.29) is 0 Å². The predicted octanol–water partition coefficient (Wildman–Crippen LogP) is 4.11. The molecule has 0 aliphatic carbocycles.